The van der Waals surface area contributed by atoms with Crippen molar-refractivity contribution in [2.45, 2.75) is 38.3 Å². The predicted octanol–water partition coefficient (Wildman–Crippen LogP) is 5.30. The van der Waals surface area contributed by atoms with Crippen LogP contribution in [0.25, 0.3) is 21.8 Å². The zero-order chi connectivity index (χ0) is 42.0. The standard InChI is InChI=1S/C41H32AsF4N3O9/c1-20-26(28-13-34(50)30(45)17-32(28)48(20)40(56)22-3-7-24(43)8-4-22)15-36(52)42-12-11-38(54)58-39(55)19-47-37(53)16-27-21(2)49(33-18-31(46)35(51)14-29(27)33)41(57)23-5-9-25(44)10-6-23/h3-10,13-14,17-18,42,50-51H,11-12,15-16,19H2,1-2H3,(H,47,53). The maximum absolute atomic E-state index is 14.4. The van der Waals surface area contributed by atoms with Gasteiger partial charge >= 0.3 is 256 Å². The molecule has 0 saturated heterocycles. The number of fused-ring (bicyclic) bond motifs is 2. The quantitative estimate of drug-likeness (QED) is 0.0639. The zero-order valence-corrected chi connectivity index (χ0v) is 32.7. The molecule has 0 bridgehead atoms. The molecule has 0 radical (unpaired) electrons. The molecule has 6 aromatic rings. The number of esters is 2. The van der Waals surface area contributed by atoms with Gasteiger partial charge in [-0.15, -0.1) is 0 Å². The fourth-order valence-corrected chi connectivity index (χ4v) is 8.43. The predicted molar refractivity (Wildman–Crippen MR) is 202 cm³/mol. The van der Waals surface area contributed by atoms with Crippen LogP contribution in [0.1, 0.15) is 49.7 Å². The third-order valence-corrected chi connectivity index (χ3v) is 11.6. The molecule has 0 fully saturated rings. The second-order valence-corrected chi connectivity index (χ2v) is 16.1. The summed E-state index contributed by atoms with van der Waals surface area (Å²) in [7, 11) is 0. The number of amides is 1. The summed E-state index contributed by atoms with van der Waals surface area (Å²) in [6.07, 6.45) is -0.940. The van der Waals surface area contributed by atoms with Gasteiger partial charge in [-0.25, -0.2) is 8.78 Å². The van der Waals surface area contributed by atoms with Crippen molar-refractivity contribution in [1.29, 1.82) is 0 Å². The fraction of sp³-hybridized carbons (Fsp3) is 0.171. The molecule has 1 amide bonds. The Bertz CT molecular complexity index is 2670. The molecule has 0 saturated carbocycles. The third-order valence-electron chi connectivity index (χ3n) is 9.38. The molecule has 6 rings (SSSR count). The van der Waals surface area contributed by atoms with Gasteiger partial charge in [0.05, 0.1) is 0 Å². The molecular weight excluding hydrogens is 829 g/mol. The van der Waals surface area contributed by atoms with Crippen molar-refractivity contribution in [3.05, 3.63) is 130 Å². The van der Waals surface area contributed by atoms with Gasteiger partial charge in [0, 0.05) is 11.6 Å². The van der Waals surface area contributed by atoms with Crippen LogP contribution in [0, 0.1) is 37.1 Å². The molecule has 0 aliphatic heterocycles. The summed E-state index contributed by atoms with van der Waals surface area (Å²) in [4.78, 5) is 77.6. The van der Waals surface area contributed by atoms with Crippen molar-refractivity contribution in [3.63, 3.8) is 0 Å². The molecule has 4 aromatic carbocycles. The molecule has 1 atom stereocenters. The van der Waals surface area contributed by atoms with E-state index in [0.29, 0.717) is 11.3 Å². The van der Waals surface area contributed by atoms with Gasteiger partial charge in [0.1, 0.15) is 5.82 Å². The summed E-state index contributed by atoms with van der Waals surface area (Å²) in [5.41, 5.74) is 1.38. The van der Waals surface area contributed by atoms with Crippen LogP contribution in [-0.4, -0.2) is 75.9 Å². The van der Waals surface area contributed by atoms with Crippen LogP contribution in [0.3, 0.4) is 0 Å². The number of benzene rings is 4. The number of nitrogens with one attached hydrogen (secondary N) is 1. The molecule has 12 nitrogen and oxygen atoms in total. The Morgan fingerprint density at radius 3 is 1.57 bits per heavy atom. The van der Waals surface area contributed by atoms with E-state index in [1.807, 2.05) is 0 Å². The summed E-state index contributed by atoms with van der Waals surface area (Å²) in [6.45, 7) is 2.31. The molecule has 2 aromatic heterocycles. The Balaban J connectivity index is 1.04. The van der Waals surface area contributed by atoms with E-state index in [2.05, 4.69) is 5.32 Å². The topological polar surface area (TPSA) is 174 Å². The van der Waals surface area contributed by atoms with Gasteiger partial charge in [0.15, 0.2) is 11.6 Å². The molecule has 0 aliphatic carbocycles. The Morgan fingerprint density at radius 1 is 0.655 bits per heavy atom. The molecule has 298 valence electrons. The first kappa shape index (κ1) is 41.1. The molecule has 0 spiro atoms. The van der Waals surface area contributed by atoms with Crippen LogP contribution in [0.2, 0.25) is 5.21 Å². The van der Waals surface area contributed by atoms with Crippen LogP contribution in [0.5, 0.6) is 11.5 Å². The number of aromatic hydroxyl groups is 2. The number of aromatic nitrogens is 2. The van der Waals surface area contributed by atoms with E-state index >= 15 is 0 Å². The number of rotatable bonds is 12. The first-order valence-corrected chi connectivity index (χ1v) is 20.0. The Labute approximate surface area is 332 Å². The Hall–Kier alpha value is -6.54. The number of carbonyl (C=O) groups excluding carboxylic acids is 6. The normalized spacial score (nSPS) is 11.4. The summed E-state index contributed by atoms with van der Waals surface area (Å²) in [5, 5.41) is 22.9. The van der Waals surface area contributed by atoms with Crippen molar-refractivity contribution in [2.24, 2.45) is 0 Å². The van der Waals surface area contributed by atoms with Crippen molar-refractivity contribution in [3.8, 4) is 11.5 Å². The van der Waals surface area contributed by atoms with E-state index in [-0.39, 0.29) is 66.8 Å². The molecule has 17 heteroatoms. The zero-order valence-electron chi connectivity index (χ0n) is 30.6. The number of phenols is 2. The van der Waals surface area contributed by atoms with E-state index < -0.39 is 93.1 Å². The third kappa shape index (κ3) is 8.56. The van der Waals surface area contributed by atoms with E-state index in [1.54, 1.807) is 6.92 Å². The molecule has 3 N–H and O–H groups in total. The Morgan fingerprint density at radius 2 is 1.10 bits per heavy atom. The van der Waals surface area contributed by atoms with Crippen LogP contribution in [-0.2, 0) is 36.8 Å². The number of phenolic OH excluding ortho intramolecular Hbond substituents is 2. The van der Waals surface area contributed by atoms with Gasteiger partial charge in [0.25, 0.3) is 5.91 Å². The SMILES string of the molecule is Cc1c(CC(=O)NCC(=O)OC(=O)CC[AsH]C(=O)Cc2c(C)n(C(=O)c3ccc(F)cc3)c3cc(F)c(O)cc23)c2cc(O)c(F)cc2n1C(=O)c1ccc(F)cc1. The van der Waals surface area contributed by atoms with Crippen molar-refractivity contribution < 1.29 is 61.3 Å². The monoisotopic (exact) mass is 861 g/mol. The van der Waals surface area contributed by atoms with Crippen molar-refractivity contribution >= 4 is 71.8 Å². The fourth-order valence-electron chi connectivity index (χ4n) is 6.52. The minimum absolute atomic E-state index is 0.0325. The summed E-state index contributed by atoms with van der Waals surface area (Å²) < 4.78 is 62.6. The van der Waals surface area contributed by atoms with Crippen molar-refractivity contribution in [2.75, 3.05) is 6.54 Å². The number of carbonyl (C=O) groups is 6. The molecular formula is C41H32AsF4N3O9. The van der Waals surface area contributed by atoms with Gasteiger partial charge in [-0.1, -0.05) is 0 Å². The minimum Gasteiger partial charge on any atom is -0.505 e. The van der Waals surface area contributed by atoms with Gasteiger partial charge in [0.2, 0.25) is 0 Å². The molecule has 2 heterocycles. The Kier molecular flexibility index (Phi) is 12.0. The number of hydrogen-bond donors (Lipinski definition) is 3. The average Bonchev–Trinajstić information content (AvgIpc) is 3.58. The van der Waals surface area contributed by atoms with E-state index in [0.717, 1.165) is 53.1 Å². The minimum atomic E-state index is -1.49. The summed E-state index contributed by atoms with van der Waals surface area (Å²) in [6, 6.07) is 13.4. The van der Waals surface area contributed by atoms with Gasteiger partial charge in [-0.05, 0) is 24.3 Å². The summed E-state index contributed by atoms with van der Waals surface area (Å²) >= 11 is -1.49. The number of hydrogen-bond acceptors (Lipinski definition) is 9. The second kappa shape index (κ2) is 16.9. The van der Waals surface area contributed by atoms with Crippen LogP contribution in [0.4, 0.5) is 17.6 Å². The molecule has 0 aliphatic rings. The van der Waals surface area contributed by atoms with Crippen LogP contribution in [0.15, 0.2) is 72.8 Å². The first-order chi connectivity index (χ1) is 27.5. The van der Waals surface area contributed by atoms with Crippen LogP contribution < -0.4 is 5.32 Å². The van der Waals surface area contributed by atoms with Crippen molar-refractivity contribution in [1.82, 2.24) is 14.5 Å². The van der Waals surface area contributed by atoms with Crippen LogP contribution >= 0.6 is 0 Å². The van der Waals surface area contributed by atoms with Gasteiger partial charge in [-0.2, -0.15) is 0 Å². The number of ether oxygens (including phenoxy) is 1. The maximum atomic E-state index is 14.4. The smallest absolute Gasteiger partial charge is 0.505 e. The summed E-state index contributed by atoms with van der Waals surface area (Å²) in [5.74, 6) is -8.65. The van der Waals surface area contributed by atoms with E-state index in [1.165, 1.54) is 35.8 Å². The van der Waals surface area contributed by atoms with E-state index in [9.17, 15) is 56.5 Å². The first-order valence-electron chi connectivity index (χ1n) is 17.5. The van der Waals surface area contributed by atoms with E-state index in [4.69, 9.17) is 4.74 Å². The number of halogens is 4. The van der Waals surface area contributed by atoms with Gasteiger partial charge in [-0.3, -0.25) is 4.79 Å². The van der Waals surface area contributed by atoms with Gasteiger partial charge < -0.3 is 5.11 Å². The molecule has 1 unspecified atom stereocenters. The molecule has 58 heavy (non-hydrogen) atoms. The average molecular weight is 862 g/mol. The number of nitrogens with zero attached hydrogens (tertiary/aromatic N) is 2. The second-order valence-electron chi connectivity index (χ2n) is 13.1.